The number of fused-ring (bicyclic) bond motifs is 1. The van der Waals surface area contributed by atoms with E-state index in [9.17, 15) is 28.7 Å². The molecular weight excluding hydrogens is 672 g/mol. The Morgan fingerprint density at radius 3 is 2.41 bits per heavy atom. The lowest BCUT2D eigenvalue weighted by Gasteiger charge is -2.39. The lowest BCUT2D eigenvalue weighted by atomic mass is 9.84. The van der Waals surface area contributed by atoms with E-state index in [1.165, 1.54) is 17.0 Å². The van der Waals surface area contributed by atoms with Gasteiger partial charge in [-0.2, -0.15) is 0 Å². The van der Waals surface area contributed by atoms with Crippen molar-refractivity contribution in [3.8, 4) is 0 Å². The average Bonchev–Trinajstić information content (AvgIpc) is 3.08. The number of anilines is 1. The predicted octanol–water partition coefficient (Wildman–Crippen LogP) is 4.78. The summed E-state index contributed by atoms with van der Waals surface area (Å²) < 4.78 is 14.9. The zero-order valence-corrected chi connectivity index (χ0v) is 29.7. The lowest BCUT2D eigenvalue weighted by Crippen LogP contribution is -2.56. The molecule has 3 N–H and O–H groups in total. The number of carbonyl (C=O) groups excluding carboxylic acids is 4. The van der Waals surface area contributed by atoms with Crippen molar-refractivity contribution in [2.45, 2.75) is 89.9 Å². The van der Waals surface area contributed by atoms with Crippen molar-refractivity contribution >= 4 is 52.5 Å². The standard InChI is InChI=1S/C36H46Cl2FN5O5/c1-36(2)15-5-16-43(22-36)30(46)10-11-31(47)44-21-24-7-4-3-6-23(24)20-29(44)35(49)41-28(14-19-42-17-12-25(45)13-18-42)34(48)40-27-9-8-26(37)32(38)33(27)39/h3-4,6-9,25,28-29,45H,5,10-22H2,1-2H3,(H,40,48)(H,41,49)/t28-,29-/m0/s1. The fourth-order valence-electron chi connectivity index (χ4n) is 7.00. The summed E-state index contributed by atoms with van der Waals surface area (Å²) in [7, 11) is 0. The van der Waals surface area contributed by atoms with Gasteiger partial charge in [-0.15, -0.1) is 0 Å². The van der Waals surface area contributed by atoms with Crippen LogP contribution in [-0.4, -0.2) is 94.3 Å². The van der Waals surface area contributed by atoms with E-state index in [0.717, 1.165) is 24.0 Å². The Kier molecular flexibility index (Phi) is 12.2. The molecule has 3 aliphatic heterocycles. The quantitative estimate of drug-likeness (QED) is 0.304. The molecule has 4 amide bonds. The highest BCUT2D eigenvalue weighted by Gasteiger charge is 2.37. The van der Waals surface area contributed by atoms with Crippen molar-refractivity contribution < 1.29 is 28.7 Å². The molecule has 0 unspecified atom stereocenters. The van der Waals surface area contributed by atoms with Crippen LogP contribution >= 0.6 is 23.2 Å². The normalized spacial score (nSPS) is 20.3. The summed E-state index contributed by atoms with van der Waals surface area (Å²) in [5, 5.41) is 15.0. The van der Waals surface area contributed by atoms with Gasteiger partial charge in [-0.05, 0) is 60.8 Å². The Morgan fingerprint density at radius 2 is 1.69 bits per heavy atom. The SMILES string of the molecule is CC1(C)CCCN(C(=O)CCC(=O)N2Cc3ccccc3C[C@H]2C(=O)N[C@@H](CCN2CCC(O)CC2)C(=O)Nc2ccc(Cl)c(Cl)c2F)C1. The van der Waals surface area contributed by atoms with Crippen LogP contribution in [-0.2, 0) is 32.1 Å². The highest BCUT2D eigenvalue weighted by Crippen LogP contribution is 2.31. The van der Waals surface area contributed by atoms with Crippen molar-refractivity contribution in [2.75, 3.05) is 38.0 Å². The van der Waals surface area contributed by atoms with Crippen LogP contribution in [0.4, 0.5) is 10.1 Å². The minimum Gasteiger partial charge on any atom is -0.393 e. The number of nitrogens with one attached hydrogen (secondary N) is 2. The monoisotopic (exact) mass is 717 g/mol. The molecule has 49 heavy (non-hydrogen) atoms. The second-order valence-corrected chi connectivity index (χ2v) is 15.0. The van der Waals surface area contributed by atoms with Crippen molar-refractivity contribution in [1.82, 2.24) is 20.0 Å². The Labute approximate surface area is 297 Å². The number of amides is 4. The number of hydrogen-bond acceptors (Lipinski definition) is 6. The largest absolute Gasteiger partial charge is 0.393 e. The van der Waals surface area contributed by atoms with Gasteiger partial charge in [0.15, 0.2) is 5.82 Å². The number of piperidine rings is 2. The molecule has 266 valence electrons. The molecule has 3 aliphatic rings. The fourth-order valence-corrected chi connectivity index (χ4v) is 7.32. The minimum absolute atomic E-state index is 0.00175. The van der Waals surface area contributed by atoms with Gasteiger partial charge in [0.25, 0.3) is 0 Å². The summed E-state index contributed by atoms with van der Waals surface area (Å²) >= 11 is 11.9. The van der Waals surface area contributed by atoms with E-state index in [-0.39, 0.29) is 71.3 Å². The summed E-state index contributed by atoms with van der Waals surface area (Å²) in [6.45, 7) is 7.51. The second kappa shape index (κ2) is 16.2. The third-order valence-electron chi connectivity index (χ3n) is 9.89. The van der Waals surface area contributed by atoms with Crippen molar-refractivity contribution in [1.29, 1.82) is 0 Å². The molecule has 2 saturated heterocycles. The maximum Gasteiger partial charge on any atom is 0.247 e. The van der Waals surface area contributed by atoms with E-state index >= 15 is 0 Å². The van der Waals surface area contributed by atoms with Gasteiger partial charge in [0, 0.05) is 58.5 Å². The molecule has 0 spiro atoms. The third-order valence-corrected chi connectivity index (χ3v) is 10.7. The summed E-state index contributed by atoms with van der Waals surface area (Å²) in [5.74, 6) is -2.44. The molecule has 10 nitrogen and oxygen atoms in total. The molecule has 2 aromatic rings. The summed E-state index contributed by atoms with van der Waals surface area (Å²) in [5.41, 5.74) is 1.69. The third kappa shape index (κ3) is 9.51. The fraction of sp³-hybridized carbons (Fsp3) is 0.556. The topological polar surface area (TPSA) is 122 Å². The van der Waals surface area contributed by atoms with E-state index in [1.807, 2.05) is 29.2 Å². The minimum atomic E-state index is -1.08. The number of benzene rings is 2. The van der Waals surface area contributed by atoms with E-state index in [1.54, 1.807) is 0 Å². The summed E-state index contributed by atoms with van der Waals surface area (Å²) in [4.78, 5) is 60.0. The van der Waals surface area contributed by atoms with E-state index in [2.05, 4.69) is 29.4 Å². The second-order valence-electron chi connectivity index (χ2n) is 14.2. The highest BCUT2D eigenvalue weighted by atomic mass is 35.5. The molecule has 0 saturated carbocycles. The number of hydrogen-bond donors (Lipinski definition) is 3. The van der Waals surface area contributed by atoms with Crippen LogP contribution < -0.4 is 10.6 Å². The molecule has 3 heterocycles. The van der Waals surface area contributed by atoms with Crippen molar-refractivity contribution in [2.24, 2.45) is 5.41 Å². The van der Waals surface area contributed by atoms with E-state index in [0.29, 0.717) is 45.6 Å². The van der Waals surface area contributed by atoms with Crippen LogP contribution in [0.15, 0.2) is 36.4 Å². The molecule has 5 rings (SSSR count). The molecule has 2 fully saturated rings. The average molecular weight is 719 g/mol. The highest BCUT2D eigenvalue weighted by molar-refractivity contribution is 6.42. The Balaban J connectivity index is 1.32. The number of carbonyl (C=O) groups is 4. The lowest BCUT2D eigenvalue weighted by molar-refractivity contribution is -0.144. The maximum absolute atomic E-state index is 14.9. The number of likely N-dealkylation sites (tertiary alicyclic amines) is 2. The molecule has 0 bridgehead atoms. The van der Waals surface area contributed by atoms with E-state index < -0.39 is 29.7 Å². The first kappa shape index (κ1) is 37.0. The first-order valence-electron chi connectivity index (χ1n) is 17.1. The number of rotatable bonds is 10. The van der Waals surface area contributed by atoms with Gasteiger partial charge in [0.1, 0.15) is 12.1 Å². The molecule has 2 aromatic carbocycles. The molecule has 0 aliphatic carbocycles. The van der Waals surface area contributed by atoms with E-state index in [4.69, 9.17) is 23.2 Å². The van der Waals surface area contributed by atoms with Crippen molar-refractivity contribution in [3.05, 3.63) is 63.4 Å². The van der Waals surface area contributed by atoms with Crippen LogP contribution in [0, 0.1) is 11.2 Å². The number of aliphatic hydroxyl groups is 1. The maximum atomic E-state index is 14.9. The first-order valence-corrected chi connectivity index (χ1v) is 17.9. The first-order chi connectivity index (χ1) is 23.3. The van der Waals surface area contributed by atoms with Crippen LogP contribution in [0.5, 0.6) is 0 Å². The van der Waals surface area contributed by atoms with Gasteiger partial charge in [-0.1, -0.05) is 61.3 Å². The summed E-state index contributed by atoms with van der Waals surface area (Å²) in [6.07, 6.45) is 3.26. The van der Waals surface area contributed by atoms with Crippen LogP contribution in [0.2, 0.25) is 10.0 Å². The zero-order valence-electron chi connectivity index (χ0n) is 28.2. The van der Waals surface area contributed by atoms with Gasteiger partial charge in [-0.25, -0.2) is 4.39 Å². The number of halogens is 3. The van der Waals surface area contributed by atoms with Crippen LogP contribution in [0.1, 0.15) is 69.9 Å². The zero-order chi connectivity index (χ0) is 35.3. The van der Waals surface area contributed by atoms with Gasteiger partial charge < -0.3 is 30.4 Å². The van der Waals surface area contributed by atoms with Gasteiger partial charge in [-0.3, -0.25) is 19.2 Å². The van der Waals surface area contributed by atoms with Gasteiger partial charge in [0.2, 0.25) is 23.6 Å². The van der Waals surface area contributed by atoms with Crippen LogP contribution in [0.25, 0.3) is 0 Å². The smallest absolute Gasteiger partial charge is 0.247 e. The van der Waals surface area contributed by atoms with Crippen molar-refractivity contribution in [3.63, 3.8) is 0 Å². The molecular formula is C36H46Cl2FN5O5. The summed E-state index contributed by atoms with van der Waals surface area (Å²) in [6, 6.07) is 8.27. The Hall–Kier alpha value is -3.25. The number of aliphatic hydroxyl groups excluding tert-OH is 1. The Bertz CT molecular complexity index is 1550. The molecule has 0 radical (unpaired) electrons. The van der Waals surface area contributed by atoms with Gasteiger partial charge >= 0.3 is 0 Å². The predicted molar refractivity (Wildman–Crippen MR) is 187 cm³/mol. The molecule has 2 atom stereocenters. The molecule has 0 aromatic heterocycles. The molecule has 13 heteroatoms. The number of nitrogens with zero attached hydrogens (tertiary/aromatic N) is 3. The van der Waals surface area contributed by atoms with Gasteiger partial charge in [0.05, 0.1) is 21.8 Å². The Morgan fingerprint density at radius 1 is 1.00 bits per heavy atom. The van der Waals surface area contributed by atoms with Crippen LogP contribution in [0.3, 0.4) is 0 Å².